The fraction of sp³-hybridized carbons (Fsp3) is 0.364. The zero-order valence-electron chi connectivity index (χ0n) is 16.4. The number of fused-ring (bicyclic) bond motifs is 1. The molecular weight excluding hydrogens is 386 g/mol. The standard InChI is InChI=1S/C22H25N3O3S/c1-29(27,28)17-12-10-16(11-13-17)18(14-15-6-2-3-7-15)21(26)25-22-23-19-8-4-5-9-20(19)24-22/h4-5,8-13,15,18H,2-3,6-7,14H2,1H3,(H2,23,24,25,26)/t18-/m1/s1. The van der Waals surface area contributed by atoms with Gasteiger partial charge in [0.05, 0.1) is 21.8 Å². The summed E-state index contributed by atoms with van der Waals surface area (Å²) in [6.07, 6.45) is 6.62. The molecule has 1 aliphatic carbocycles. The summed E-state index contributed by atoms with van der Waals surface area (Å²) in [5, 5.41) is 2.92. The molecular formula is C22H25N3O3S. The van der Waals surface area contributed by atoms with Gasteiger partial charge in [-0.05, 0) is 42.2 Å². The maximum absolute atomic E-state index is 13.2. The van der Waals surface area contributed by atoms with Crippen LogP contribution >= 0.6 is 0 Å². The van der Waals surface area contributed by atoms with E-state index in [9.17, 15) is 13.2 Å². The number of imidazole rings is 1. The van der Waals surface area contributed by atoms with E-state index in [-0.39, 0.29) is 16.7 Å². The third-order valence-electron chi connectivity index (χ3n) is 5.70. The molecule has 3 aromatic rings. The predicted molar refractivity (Wildman–Crippen MR) is 114 cm³/mol. The number of hydrogen-bond donors (Lipinski definition) is 2. The predicted octanol–water partition coefficient (Wildman–Crippen LogP) is 4.27. The van der Waals surface area contributed by atoms with Crippen LogP contribution in [0.25, 0.3) is 11.0 Å². The highest BCUT2D eigenvalue weighted by Gasteiger charge is 2.27. The van der Waals surface area contributed by atoms with Crippen molar-refractivity contribution in [1.29, 1.82) is 0 Å². The van der Waals surface area contributed by atoms with Crippen LogP contribution in [0.3, 0.4) is 0 Å². The first-order chi connectivity index (χ1) is 13.9. The molecule has 29 heavy (non-hydrogen) atoms. The minimum Gasteiger partial charge on any atom is -0.324 e. The molecule has 0 unspecified atom stereocenters. The normalized spacial score (nSPS) is 16.2. The third kappa shape index (κ3) is 4.50. The van der Waals surface area contributed by atoms with E-state index in [1.165, 1.54) is 19.1 Å². The van der Waals surface area contributed by atoms with Crippen LogP contribution in [0.5, 0.6) is 0 Å². The van der Waals surface area contributed by atoms with Crippen LogP contribution in [0.1, 0.15) is 43.6 Å². The molecule has 1 aromatic heterocycles. The quantitative estimate of drug-likeness (QED) is 0.634. The molecule has 2 aromatic carbocycles. The van der Waals surface area contributed by atoms with Crippen molar-refractivity contribution in [2.45, 2.75) is 42.9 Å². The van der Waals surface area contributed by atoms with E-state index in [1.54, 1.807) is 24.3 Å². The van der Waals surface area contributed by atoms with E-state index in [1.807, 2.05) is 24.3 Å². The van der Waals surface area contributed by atoms with Gasteiger partial charge in [0.25, 0.3) is 0 Å². The highest BCUT2D eigenvalue weighted by atomic mass is 32.2. The van der Waals surface area contributed by atoms with Gasteiger partial charge in [-0.15, -0.1) is 0 Å². The topological polar surface area (TPSA) is 91.9 Å². The second-order valence-corrected chi connectivity index (χ2v) is 9.89. The van der Waals surface area contributed by atoms with Crippen molar-refractivity contribution >= 4 is 32.7 Å². The summed E-state index contributed by atoms with van der Waals surface area (Å²) in [6.45, 7) is 0. The van der Waals surface area contributed by atoms with Crippen LogP contribution in [-0.2, 0) is 14.6 Å². The van der Waals surface area contributed by atoms with E-state index in [0.717, 1.165) is 35.9 Å². The maximum atomic E-state index is 13.2. The lowest BCUT2D eigenvalue weighted by molar-refractivity contribution is -0.118. The molecule has 0 spiro atoms. The number of carbonyl (C=O) groups is 1. The van der Waals surface area contributed by atoms with Crippen molar-refractivity contribution in [2.75, 3.05) is 11.6 Å². The molecule has 6 nitrogen and oxygen atoms in total. The summed E-state index contributed by atoms with van der Waals surface area (Å²) in [4.78, 5) is 21.0. The number of para-hydroxylation sites is 2. The Kier molecular flexibility index (Phi) is 5.41. The lowest BCUT2D eigenvalue weighted by Gasteiger charge is -2.20. The number of sulfone groups is 1. The molecule has 0 bridgehead atoms. The molecule has 0 radical (unpaired) electrons. The van der Waals surface area contributed by atoms with E-state index < -0.39 is 9.84 Å². The number of hydrogen-bond acceptors (Lipinski definition) is 4. The minimum atomic E-state index is -3.27. The highest BCUT2D eigenvalue weighted by Crippen LogP contribution is 2.35. The fourth-order valence-electron chi connectivity index (χ4n) is 4.14. The van der Waals surface area contributed by atoms with Gasteiger partial charge in [-0.25, -0.2) is 13.4 Å². The lowest BCUT2D eigenvalue weighted by Crippen LogP contribution is -2.23. The number of amides is 1. The molecule has 4 rings (SSSR count). The smallest absolute Gasteiger partial charge is 0.234 e. The number of anilines is 1. The van der Waals surface area contributed by atoms with Crippen molar-refractivity contribution in [1.82, 2.24) is 9.97 Å². The van der Waals surface area contributed by atoms with Gasteiger partial charge in [-0.2, -0.15) is 0 Å². The van der Waals surface area contributed by atoms with Crippen LogP contribution in [0.4, 0.5) is 5.95 Å². The molecule has 1 atom stereocenters. The van der Waals surface area contributed by atoms with E-state index in [0.29, 0.717) is 11.9 Å². The Morgan fingerprint density at radius 2 is 1.83 bits per heavy atom. The van der Waals surface area contributed by atoms with Gasteiger partial charge in [-0.3, -0.25) is 10.1 Å². The molecule has 2 N–H and O–H groups in total. The second kappa shape index (κ2) is 7.99. The Balaban J connectivity index is 1.59. The number of aromatic amines is 1. The molecule has 1 fully saturated rings. The fourth-order valence-corrected chi connectivity index (χ4v) is 4.77. The Hall–Kier alpha value is -2.67. The van der Waals surface area contributed by atoms with E-state index >= 15 is 0 Å². The van der Waals surface area contributed by atoms with Crippen LogP contribution in [0, 0.1) is 5.92 Å². The minimum absolute atomic E-state index is 0.122. The van der Waals surface area contributed by atoms with Crippen molar-refractivity contribution in [3.63, 3.8) is 0 Å². The second-order valence-electron chi connectivity index (χ2n) is 7.87. The van der Waals surface area contributed by atoms with Gasteiger partial charge in [0, 0.05) is 6.26 Å². The summed E-state index contributed by atoms with van der Waals surface area (Å²) in [5.41, 5.74) is 2.50. The maximum Gasteiger partial charge on any atom is 0.234 e. The van der Waals surface area contributed by atoms with Gasteiger partial charge in [-0.1, -0.05) is 49.9 Å². The summed E-state index contributed by atoms with van der Waals surface area (Å²) in [7, 11) is -3.27. The summed E-state index contributed by atoms with van der Waals surface area (Å²) >= 11 is 0. The largest absolute Gasteiger partial charge is 0.324 e. The lowest BCUT2D eigenvalue weighted by atomic mass is 9.87. The van der Waals surface area contributed by atoms with Crippen molar-refractivity contribution in [3.05, 3.63) is 54.1 Å². The van der Waals surface area contributed by atoms with Crippen LogP contribution < -0.4 is 5.32 Å². The Morgan fingerprint density at radius 1 is 1.14 bits per heavy atom. The van der Waals surface area contributed by atoms with Gasteiger partial charge in [0.1, 0.15) is 0 Å². The molecule has 7 heteroatoms. The van der Waals surface area contributed by atoms with Gasteiger partial charge >= 0.3 is 0 Å². The molecule has 152 valence electrons. The van der Waals surface area contributed by atoms with Crippen molar-refractivity contribution in [2.24, 2.45) is 5.92 Å². The number of carbonyl (C=O) groups excluding carboxylic acids is 1. The summed E-state index contributed by atoms with van der Waals surface area (Å²) in [6, 6.07) is 14.3. The SMILES string of the molecule is CS(=O)(=O)c1ccc([C@@H](CC2CCCC2)C(=O)Nc2nc3ccccc3[nH]2)cc1. The molecule has 0 aliphatic heterocycles. The number of nitrogens with one attached hydrogen (secondary N) is 2. The third-order valence-corrected chi connectivity index (χ3v) is 6.83. The first-order valence-corrected chi connectivity index (χ1v) is 11.8. The molecule has 1 amide bonds. The summed E-state index contributed by atoms with van der Waals surface area (Å²) in [5.74, 6) is 0.472. The van der Waals surface area contributed by atoms with Gasteiger partial charge in [0.2, 0.25) is 11.9 Å². The van der Waals surface area contributed by atoms with E-state index in [4.69, 9.17) is 0 Å². The number of nitrogens with zero attached hydrogens (tertiary/aromatic N) is 1. The molecule has 1 heterocycles. The number of H-pyrrole nitrogens is 1. The number of rotatable bonds is 6. The Bertz CT molecular complexity index is 1080. The summed E-state index contributed by atoms with van der Waals surface area (Å²) < 4.78 is 23.5. The Labute approximate surface area is 170 Å². The number of aromatic nitrogens is 2. The van der Waals surface area contributed by atoms with Gasteiger partial charge < -0.3 is 4.98 Å². The molecule has 0 saturated heterocycles. The average Bonchev–Trinajstić information content (AvgIpc) is 3.34. The first kappa shape index (κ1) is 19.6. The number of benzene rings is 2. The molecule has 1 saturated carbocycles. The zero-order valence-corrected chi connectivity index (χ0v) is 17.2. The van der Waals surface area contributed by atoms with Crippen LogP contribution in [-0.4, -0.2) is 30.5 Å². The van der Waals surface area contributed by atoms with Crippen molar-refractivity contribution in [3.8, 4) is 0 Å². The Morgan fingerprint density at radius 3 is 2.48 bits per heavy atom. The monoisotopic (exact) mass is 411 g/mol. The van der Waals surface area contributed by atoms with Crippen molar-refractivity contribution < 1.29 is 13.2 Å². The van der Waals surface area contributed by atoms with Crippen LogP contribution in [0.2, 0.25) is 0 Å². The first-order valence-electron chi connectivity index (χ1n) is 9.96. The molecule has 1 aliphatic rings. The zero-order chi connectivity index (χ0) is 20.4. The average molecular weight is 412 g/mol. The van der Waals surface area contributed by atoms with E-state index in [2.05, 4.69) is 15.3 Å². The van der Waals surface area contributed by atoms with Gasteiger partial charge in [0.15, 0.2) is 9.84 Å². The van der Waals surface area contributed by atoms with Crippen LogP contribution in [0.15, 0.2) is 53.4 Å². The highest BCUT2D eigenvalue weighted by molar-refractivity contribution is 7.90.